The molecule has 1 aliphatic rings. The number of anilines is 1. The molecule has 1 N–H and O–H groups in total. The lowest BCUT2D eigenvalue weighted by atomic mass is 10.0. The second kappa shape index (κ2) is 6.72. The summed E-state index contributed by atoms with van der Waals surface area (Å²) in [6, 6.07) is 5.63. The van der Waals surface area contributed by atoms with E-state index in [0.29, 0.717) is 34.1 Å². The van der Waals surface area contributed by atoms with Crippen LogP contribution in [0.4, 0.5) is 5.95 Å². The molecule has 1 amide bonds. The standard InChI is InChI=1S/C16H16Cl2N4O/c1-10-2-3-22(10)15(23)12-8-20-16(21-9-12)19-7-11-4-13(17)6-14(18)5-11/h4-6,8-10H,2-3,7H2,1H3,(H,19,20,21)/t10-/m0/s1. The highest BCUT2D eigenvalue weighted by Crippen LogP contribution is 2.20. The van der Waals surface area contributed by atoms with E-state index >= 15 is 0 Å². The van der Waals surface area contributed by atoms with Crippen molar-refractivity contribution < 1.29 is 4.79 Å². The van der Waals surface area contributed by atoms with Gasteiger partial charge in [0.1, 0.15) is 0 Å². The molecule has 1 saturated heterocycles. The number of likely N-dealkylation sites (tertiary alicyclic amines) is 1. The topological polar surface area (TPSA) is 58.1 Å². The lowest BCUT2D eigenvalue weighted by Crippen LogP contribution is -2.49. The summed E-state index contributed by atoms with van der Waals surface area (Å²) < 4.78 is 0. The number of halogens is 2. The Balaban J connectivity index is 1.62. The Hall–Kier alpha value is -1.85. The van der Waals surface area contributed by atoms with Crippen LogP contribution in [0.15, 0.2) is 30.6 Å². The van der Waals surface area contributed by atoms with Gasteiger partial charge in [-0.3, -0.25) is 4.79 Å². The summed E-state index contributed by atoms with van der Waals surface area (Å²) in [5, 5.41) is 4.25. The second-order valence-electron chi connectivity index (χ2n) is 5.56. The van der Waals surface area contributed by atoms with Crippen LogP contribution in [0.3, 0.4) is 0 Å². The number of hydrogen-bond donors (Lipinski definition) is 1. The molecule has 0 saturated carbocycles. The molecule has 0 radical (unpaired) electrons. The van der Waals surface area contributed by atoms with Crippen molar-refractivity contribution in [1.29, 1.82) is 0 Å². The lowest BCUT2D eigenvalue weighted by Gasteiger charge is -2.38. The van der Waals surface area contributed by atoms with E-state index in [0.717, 1.165) is 18.5 Å². The van der Waals surface area contributed by atoms with E-state index in [1.54, 1.807) is 18.5 Å². The minimum Gasteiger partial charge on any atom is -0.350 e. The Labute approximate surface area is 144 Å². The molecule has 7 heteroatoms. The van der Waals surface area contributed by atoms with Crippen LogP contribution in [0.2, 0.25) is 10.0 Å². The summed E-state index contributed by atoms with van der Waals surface area (Å²) in [5.74, 6) is 0.436. The van der Waals surface area contributed by atoms with Crippen molar-refractivity contribution in [3.05, 3.63) is 51.8 Å². The number of hydrogen-bond acceptors (Lipinski definition) is 4. The molecule has 0 unspecified atom stereocenters. The Kier molecular flexibility index (Phi) is 4.68. The van der Waals surface area contributed by atoms with Gasteiger partial charge in [-0.2, -0.15) is 0 Å². The minimum atomic E-state index is -0.0167. The summed E-state index contributed by atoms with van der Waals surface area (Å²) >= 11 is 11.9. The van der Waals surface area contributed by atoms with Gasteiger partial charge in [0.25, 0.3) is 5.91 Å². The molecular formula is C16H16Cl2N4O. The van der Waals surface area contributed by atoms with E-state index in [2.05, 4.69) is 15.3 Å². The van der Waals surface area contributed by atoms with Crippen LogP contribution in [0.25, 0.3) is 0 Å². The van der Waals surface area contributed by atoms with E-state index in [1.807, 2.05) is 24.0 Å². The van der Waals surface area contributed by atoms with E-state index < -0.39 is 0 Å². The van der Waals surface area contributed by atoms with Crippen LogP contribution in [-0.4, -0.2) is 33.4 Å². The zero-order chi connectivity index (χ0) is 16.4. The fourth-order valence-electron chi connectivity index (χ4n) is 2.41. The highest BCUT2D eigenvalue weighted by molar-refractivity contribution is 6.34. The third kappa shape index (κ3) is 3.74. The summed E-state index contributed by atoms with van der Waals surface area (Å²) in [5.41, 5.74) is 1.44. The van der Waals surface area contributed by atoms with Gasteiger partial charge in [-0.15, -0.1) is 0 Å². The monoisotopic (exact) mass is 350 g/mol. The molecule has 3 rings (SSSR count). The third-order valence-corrected chi connectivity index (χ3v) is 4.29. The molecule has 1 atom stereocenters. The normalized spacial score (nSPS) is 16.8. The smallest absolute Gasteiger partial charge is 0.257 e. The number of rotatable bonds is 4. The summed E-state index contributed by atoms with van der Waals surface area (Å²) in [7, 11) is 0. The Morgan fingerprint density at radius 3 is 2.43 bits per heavy atom. The molecule has 0 aliphatic carbocycles. The molecule has 120 valence electrons. The highest BCUT2D eigenvalue weighted by atomic mass is 35.5. The number of carbonyl (C=O) groups is 1. The zero-order valence-corrected chi connectivity index (χ0v) is 14.1. The molecule has 1 aromatic carbocycles. The molecule has 1 aliphatic heterocycles. The van der Waals surface area contributed by atoms with Gasteiger partial charge in [0.15, 0.2) is 0 Å². The maximum Gasteiger partial charge on any atom is 0.257 e. The predicted molar refractivity (Wildman–Crippen MR) is 90.9 cm³/mol. The minimum absolute atomic E-state index is 0.0167. The van der Waals surface area contributed by atoms with E-state index in [-0.39, 0.29) is 5.91 Å². The van der Waals surface area contributed by atoms with Crippen molar-refractivity contribution in [2.45, 2.75) is 25.9 Å². The number of nitrogens with one attached hydrogen (secondary N) is 1. The van der Waals surface area contributed by atoms with Gasteiger partial charge in [-0.1, -0.05) is 23.2 Å². The van der Waals surface area contributed by atoms with Gasteiger partial charge < -0.3 is 10.2 Å². The van der Waals surface area contributed by atoms with Crippen molar-refractivity contribution in [3.8, 4) is 0 Å². The molecular weight excluding hydrogens is 335 g/mol. The Morgan fingerprint density at radius 1 is 1.26 bits per heavy atom. The summed E-state index contributed by atoms with van der Waals surface area (Å²) in [6.45, 7) is 3.33. The fraction of sp³-hybridized carbons (Fsp3) is 0.312. The van der Waals surface area contributed by atoms with Gasteiger partial charge in [0.05, 0.1) is 5.56 Å². The quantitative estimate of drug-likeness (QED) is 0.914. The Bertz CT molecular complexity index is 700. The predicted octanol–water partition coefficient (Wildman–Crippen LogP) is 3.63. The van der Waals surface area contributed by atoms with Crippen LogP contribution < -0.4 is 5.32 Å². The Morgan fingerprint density at radius 2 is 1.91 bits per heavy atom. The average molecular weight is 351 g/mol. The van der Waals surface area contributed by atoms with Crippen LogP contribution in [-0.2, 0) is 6.54 Å². The van der Waals surface area contributed by atoms with Crippen LogP contribution >= 0.6 is 23.2 Å². The first-order valence-corrected chi connectivity index (χ1v) is 8.10. The molecule has 23 heavy (non-hydrogen) atoms. The molecule has 2 heterocycles. The van der Waals surface area contributed by atoms with Crippen LogP contribution in [0, 0.1) is 0 Å². The van der Waals surface area contributed by atoms with Crippen molar-refractivity contribution in [2.75, 3.05) is 11.9 Å². The first kappa shape index (κ1) is 16.0. The largest absolute Gasteiger partial charge is 0.350 e. The van der Waals surface area contributed by atoms with Gasteiger partial charge in [0, 0.05) is 41.6 Å². The number of benzene rings is 1. The van der Waals surface area contributed by atoms with E-state index in [4.69, 9.17) is 23.2 Å². The first-order valence-electron chi connectivity index (χ1n) is 7.35. The molecule has 1 aromatic heterocycles. The number of amides is 1. The van der Waals surface area contributed by atoms with Crippen molar-refractivity contribution >= 4 is 35.1 Å². The molecule has 0 spiro atoms. The maximum absolute atomic E-state index is 12.2. The van der Waals surface area contributed by atoms with Gasteiger partial charge in [-0.05, 0) is 37.1 Å². The summed E-state index contributed by atoms with van der Waals surface area (Å²) in [6.07, 6.45) is 4.15. The van der Waals surface area contributed by atoms with Gasteiger partial charge >= 0.3 is 0 Å². The van der Waals surface area contributed by atoms with Crippen LogP contribution in [0.5, 0.6) is 0 Å². The SMILES string of the molecule is C[C@H]1CCN1C(=O)c1cnc(NCc2cc(Cl)cc(Cl)c2)nc1. The number of nitrogens with zero attached hydrogens (tertiary/aromatic N) is 3. The highest BCUT2D eigenvalue weighted by Gasteiger charge is 2.29. The molecule has 5 nitrogen and oxygen atoms in total. The van der Waals surface area contributed by atoms with Gasteiger partial charge in [0.2, 0.25) is 5.95 Å². The molecule has 2 aromatic rings. The first-order chi connectivity index (χ1) is 11.0. The zero-order valence-electron chi connectivity index (χ0n) is 12.6. The average Bonchev–Trinajstić information content (AvgIpc) is 2.51. The van der Waals surface area contributed by atoms with Crippen molar-refractivity contribution in [2.24, 2.45) is 0 Å². The van der Waals surface area contributed by atoms with Crippen molar-refractivity contribution in [1.82, 2.24) is 14.9 Å². The van der Waals surface area contributed by atoms with Crippen LogP contribution in [0.1, 0.15) is 29.3 Å². The molecule has 1 fully saturated rings. The van der Waals surface area contributed by atoms with Crippen molar-refractivity contribution in [3.63, 3.8) is 0 Å². The third-order valence-electron chi connectivity index (χ3n) is 3.85. The fourth-order valence-corrected chi connectivity index (χ4v) is 2.98. The number of aromatic nitrogens is 2. The maximum atomic E-state index is 12.2. The van der Waals surface area contributed by atoms with Gasteiger partial charge in [-0.25, -0.2) is 9.97 Å². The van der Waals surface area contributed by atoms with E-state index in [1.165, 1.54) is 0 Å². The van der Waals surface area contributed by atoms with E-state index in [9.17, 15) is 4.79 Å². The second-order valence-corrected chi connectivity index (χ2v) is 6.44. The summed E-state index contributed by atoms with van der Waals surface area (Å²) in [4.78, 5) is 22.4. The lowest BCUT2D eigenvalue weighted by molar-refractivity contribution is 0.0501. The number of carbonyl (C=O) groups excluding carboxylic acids is 1. The molecule has 0 bridgehead atoms.